The lowest BCUT2D eigenvalue weighted by molar-refractivity contribution is -0.114. The molecule has 0 radical (unpaired) electrons. The number of ether oxygens (including phenoxy) is 2. The molecule has 116 valence electrons. The number of hydrogen-bond acceptors (Lipinski definition) is 6. The Hall–Kier alpha value is -1.73. The number of carbonyl (C=O) groups is 1. The van der Waals surface area contributed by atoms with E-state index in [0.717, 1.165) is 34.3 Å². The lowest BCUT2D eigenvalue weighted by Crippen LogP contribution is -2.16. The van der Waals surface area contributed by atoms with Crippen molar-refractivity contribution in [1.82, 2.24) is 4.98 Å². The first-order valence-corrected chi connectivity index (χ1v) is 8.93. The summed E-state index contributed by atoms with van der Waals surface area (Å²) in [6.45, 7) is 2.69. The molecule has 7 heteroatoms. The number of nitrogens with zero attached hydrogens (tertiary/aromatic N) is 1. The summed E-state index contributed by atoms with van der Waals surface area (Å²) in [5, 5.41) is 5.32. The number of hydrogen-bond donors (Lipinski definition) is 1. The number of carbonyl (C=O) groups excluding carboxylic acids is 1. The number of para-hydroxylation sites is 1. The third kappa shape index (κ3) is 3.72. The van der Waals surface area contributed by atoms with E-state index in [9.17, 15) is 4.79 Å². The molecule has 1 amide bonds. The summed E-state index contributed by atoms with van der Waals surface area (Å²) in [7, 11) is 0. The molecule has 0 fully saturated rings. The molecular weight excluding hydrogens is 320 g/mol. The predicted molar refractivity (Wildman–Crippen MR) is 88.8 cm³/mol. The van der Waals surface area contributed by atoms with Crippen LogP contribution < -0.4 is 14.8 Å². The van der Waals surface area contributed by atoms with E-state index in [2.05, 4.69) is 16.4 Å². The highest BCUT2D eigenvalue weighted by Gasteiger charge is 2.15. The van der Waals surface area contributed by atoms with Crippen molar-refractivity contribution in [3.8, 4) is 11.5 Å². The number of amides is 1. The van der Waals surface area contributed by atoms with Gasteiger partial charge in [-0.25, -0.2) is 4.98 Å². The Morgan fingerprint density at radius 2 is 2.23 bits per heavy atom. The topological polar surface area (TPSA) is 60.5 Å². The molecule has 1 aliphatic rings. The van der Waals surface area contributed by atoms with Crippen molar-refractivity contribution < 1.29 is 14.3 Å². The van der Waals surface area contributed by atoms with Crippen LogP contribution in [0.2, 0.25) is 0 Å². The first kappa shape index (κ1) is 15.2. The van der Waals surface area contributed by atoms with E-state index in [4.69, 9.17) is 9.47 Å². The van der Waals surface area contributed by atoms with Crippen molar-refractivity contribution in [1.29, 1.82) is 0 Å². The molecule has 22 heavy (non-hydrogen) atoms. The smallest absolute Gasteiger partial charge is 0.223 e. The van der Waals surface area contributed by atoms with E-state index in [1.54, 1.807) is 11.8 Å². The van der Waals surface area contributed by atoms with Gasteiger partial charge in [-0.1, -0.05) is 12.1 Å². The van der Waals surface area contributed by atoms with Gasteiger partial charge in [-0.05, 0) is 6.07 Å². The summed E-state index contributed by atoms with van der Waals surface area (Å²) in [5.74, 6) is 3.21. The SMILES string of the molecule is CC(=O)Nc1nc(CSCc2cccc3c2OCCO3)cs1. The second-order valence-corrected chi connectivity index (χ2v) is 6.60. The molecule has 0 atom stereocenters. The number of rotatable bonds is 5. The fraction of sp³-hybridized carbons (Fsp3) is 0.333. The van der Waals surface area contributed by atoms with Gasteiger partial charge in [0.15, 0.2) is 16.6 Å². The molecule has 0 aliphatic carbocycles. The van der Waals surface area contributed by atoms with E-state index < -0.39 is 0 Å². The lowest BCUT2D eigenvalue weighted by Gasteiger charge is -2.20. The highest BCUT2D eigenvalue weighted by Crippen LogP contribution is 2.36. The molecule has 2 aromatic rings. The summed E-state index contributed by atoms with van der Waals surface area (Å²) in [6.07, 6.45) is 0. The van der Waals surface area contributed by atoms with Gasteiger partial charge in [-0.3, -0.25) is 4.79 Å². The van der Waals surface area contributed by atoms with Crippen LogP contribution >= 0.6 is 23.1 Å². The molecule has 0 bridgehead atoms. The molecule has 1 aromatic carbocycles. The average molecular weight is 336 g/mol. The Kier molecular flexibility index (Phi) is 4.84. The van der Waals surface area contributed by atoms with E-state index in [1.807, 2.05) is 17.5 Å². The molecule has 0 saturated carbocycles. The number of nitrogens with one attached hydrogen (secondary N) is 1. The average Bonchev–Trinajstić information content (AvgIpc) is 2.94. The van der Waals surface area contributed by atoms with E-state index in [-0.39, 0.29) is 5.91 Å². The molecule has 1 aromatic heterocycles. The van der Waals surface area contributed by atoms with E-state index in [0.29, 0.717) is 18.3 Å². The Morgan fingerprint density at radius 3 is 3.09 bits per heavy atom. The maximum Gasteiger partial charge on any atom is 0.223 e. The van der Waals surface area contributed by atoms with Crippen LogP contribution in [0.15, 0.2) is 23.6 Å². The van der Waals surface area contributed by atoms with Gasteiger partial charge in [0, 0.05) is 29.4 Å². The molecule has 2 heterocycles. The van der Waals surface area contributed by atoms with Gasteiger partial charge in [0.25, 0.3) is 0 Å². The fourth-order valence-corrected chi connectivity index (χ4v) is 3.86. The Morgan fingerprint density at radius 1 is 1.36 bits per heavy atom. The number of fused-ring (bicyclic) bond motifs is 1. The van der Waals surface area contributed by atoms with Crippen LogP contribution in [-0.2, 0) is 16.3 Å². The van der Waals surface area contributed by atoms with Crippen LogP contribution in [0.4, 0.5) is 5.13 Å². The van der Waals surface area contributed by atoms with Gasteiger partial charge in [-0.15, -0.1) is 11.3 Å². The Bertz CT molecular complexity index is 673. The van der Waals surface area contributed by atoms with Crippen LogP contribution in [0, 0.1) is 0 Å². The van der Waals surface area contributed by atoms with Crippen molar-refractivity contribution in [3.63, 3.8) is 0 Å². The molecule has 3 rings (SSSR count). The zero-order valence-electron chi connectivity index (χ0n) is 12.1. The third-order valence-electron chi connectivity index (χ3n) is 2.99. The first-order chi connectivity index (χ1) is 10.7. The van der Waals surface area contributed by atoms with Crippen LogP contribution in [0.5, 0.6) is 11.5 Å². The molecule has 0 spiro atoms. The maximum atomic E-state index is 11.0. The second-order valence-electron chi connectivity index (χ2n) is 4.76. The maximum absolute atomic E-state index is 11.0. The van der Waals surface area contributed by atoms with Crippen molar-refractivity contribution >= 4 is 34.1 Å². The van der Waals surface area contributed by atoms with Crippen molar-refractivity contribution in [2.75, 3.05) is 18.5 Å². The summed E-state index contributed by atoms with van der Waals surface area (Å²) in [4.78, 5) is 15.4. The quantitative estimate of drug-likeness (QED) is 0.908. The van der Waals surface area contributed by atoms with Crippen LogP contribution in [0.25, 0.3) is 0 Å². The number of anilines is 1. The highest BCUT2D eigenvalue weighted by molar-refractivity contribution is 7.97. The fourth-order valence-electron chi connectivity index (χ4n) is 2.09. The van der Waals surface area contributed by atoms with Crippen LogP contribution in [-0.4, -0.2) is 24.1 Å². The standard InChI is InChI=1S/C15H16N2O3S2/c1-10(18)16-15-17-12(9-22-15)8-21-7-11-3-2-4-13-14(11)20-6-5-19-13/h2-4,9H,5-8H2,1H3,(H,16,17,18). The lowest BCUT2D eigenvalue weighted by atomic mass is 10.2. The number of thiazole rings is 1. The number of thioether (sulfide) groups is 1. The van der Waals surface area contributed by atoms with Gasteiger partial charge >= 0.3 is 0 Å². The zero-order chi connectivity index (χ0) is 15.4. The largest absolute Gasteiger partial charge is 0.486 e. The molecule has 0 unspecified atom stereocenters. The molecular formula is C15H16N2O3S2. The van der Waals surface area contributed by atoms with Gasteiger partial charge in [-0.2, -0.15) is 11.8 Å². The predicted octanol–water partition coefficient (Wildman–Crippen LogP) is 3.31. The highest BCUT2D eigenvalue weighted by atomic mass is 32.2. The van der Waals surface area contributed by atoms with Crippen LogP contribution in [0.1, 0.15) is 18.2 Å². The summed E-state index contributed by atoms with van der Waals surface area (Å²) < 4.78 is 11.3. The van der Waals surface area contributed by atoms with Gasteiger partial charge in [0.05, 0.1) is 5.69 Å². The van der Waals surface area contributed by atoms with Crippen LogP contribution in [0.3, 0.4) is 0 Å². The van der Waals surface area contributed by atoms with Gasteiger partial charge in [0.2, 0.25) is 5.91 Å². The van der Waals surface area contributed by atoms with Crippen molar-refractivity contribution in [3.05, 3.63) is 34.8 Å². The minimum atomic E-state index is -0.0957. The molecule has 1 aliphatic heterocycles. The first-order valence-electron chi connectivity index (χ1n) is 6.89. The summed E-state index contributed by atoms with van der Waals surface area (Å²) in [6, 6.07) is 5.98. The van der Waals surface area contributed by atoms with Gasteiger partial charge in [0.1, 0.15) is 13.2 Å². The minimum absolute atomic E-state index is 0.0957. The third-order valence-corrected chi connectivity index (χ3v) is 4.81. The Labute approximate surface area is 137 Å². The Balaban J connectivity index is 1.57. The number of aromatic nitrogens is 1. The van der Waals surface area contributed by atoms with Crippen molar-refractivity contribution in [2.24, 2.45) is 0 Å². The van der Waals surface area contributed by atoms with Crippen molar-refractivity contribution in [2.45, 2.75) is 18.4 Å². The van der Waals surface area contributed by atoms with E-state index >= 15 is 0 Å². The molecule has 0 saturated heterocycles. The monoisotopic (exact) mass is 336 g/mol. The molecule has 5 nitrogen and oxygen atoms in total. The number of benzene rings is 1. The normalized spacial score (nSPS) is 13.0. The second kappa shape index (κ2) is 7.02. The summed E-state index contributed by atoms with van der Waals surface area (Å²) in [5.41, 5.74) is 2.11. The zero-order valence-corrected chi connectivity index (χ0v) is 13.8. The van der Waals surface area contributed by atoms with Gasteiger partial charge < -0.3 is 14.8 Å². The minimum Gasteiger partial charge on any atom is -0.486 e. The molecule has 1 N–H and O–H groups in total. The summed E-state index contributed by atoms with van der Waals surface area (Å²) >= 11 is 3.21. The van der Waals surface area contributed by atoms with E-state index in [1.165, 1.54) is 18.3 Å².